The fourth-order valence-corrected chi connectivity index (χ4v) is 2.72. The molecule has 0 atom stereocenters. The van der Waals surface area contributed by atoms with Crippen LogP contribution in [0.5, 0.6) is 11.5 Å². The summed E-state index contributed by atoms with van der Waals surface area (Å²) in [6.45, 7) is 0. The summed E-state index contributed by atoms with van der Waals surface area (Å²) < 4.78 is 11.2. The molecular weight excluding hydrogens is 396 g/mol. The molecule has 0 radical (unpaired) electrons. The number of nitrogens with zero attached hydrogens (tertiary/aromatic N) is 1. The van der Waals surface area contributed by atoms with Crippen molar-refractivity contribution < 1.29 is 14.3 Å². The first-order valence-electron chi connectivity index (χ1n) is 7.02. The number of amides is 1. The predicted molar refractivity (Wildman–Crippen MR) is 98.1 cm³/mol. The van der Waals surface area contributed by atoms with Crippen LogP contribution >= 0.6 is 27.5 Å². The Labute approximate surface area is 153 Å². The molecule has 0 bridgehead atoms. The minimum Gasteiger partial charge on any atom is -0.493 e. The third-order valence-corrected chi connectivity index (χ3v) is 4.26. The zero-order valence-electron chi connectivity index (χ0n) is 13.2. The van der Waals surface area contributed by atoms with Crippen molar-refractivity contribution >= 4 is 39.7 Å². The zero-order chi connectivity index (χ0) is 17.5. The van der Waals surface area contributed by atoms with Gasteiger partial charge in [-0.3, -0.25) is 4.79 Å². The average molecular weight is 412 g/mol. The molecular formula is C17H16BrClN2O3. The molecule has 2 aromatic rings. The number of carbonyl (C=O) groups excluding carboxylic acids is 1. The number of benzene rings is 2. The van der Waals surface area contributed by atoms with Crippen molar-refractivity contribution in [1.82, 2.24) is 5.43 Å². The van der Waals surface area contributed by atoms with Gasteiger partial charge in [-0.25, -0.2) is 5.43 Å². The van der Waals surface area contributed by atoms with Gasteiger partial charge in [-0.1, -0.05) is 23.7 Å². The highest BCUT2D eigenvalue weighted by Gasteiger charge is 2.11. The fourth-order valence-electron chi connectivity index (χ4n) is 2.01. The topological polar surface area (TPSA) is 59.9 Å². The Balaban J connectivity index is 2.01. The van der Waals surface area contributed by atoms with Crippen LogP contribution in [-0.2, 0) is 11.2 Å². The minimum atomic E-state index is -0.217. The van der Waals surface area contributed by atoms with Gasteiger partial charge in [-0.15, -0.1) is 0 Å². The van der Waals surface area contributed by atoms with Crippen LogP contribution in [-0.4, -0.2) is 26.3 Å². The second-order valence-corrected chi connectivity index (χ2v) is 6.03. The highest BCUT2D eigenvalue weighted by Crippen LogP contribution is 2.36. The number of nitrogens with one attached hydrogen (secondary N) is 1. The molecule has 0 fully saturated rings. The van der Waals surface area contributed by atoms with E-state index in [1.54, 1.807) is 50.6 Å². The predicted octanol–water partition coefficient (Wildman–Crippen LogP) is 3.81. The van der Waals surface area contributed by atoms with E-state index in [2.05, 4.69) is 26.5 Å². The minimum absolute atomic E-state index is 0.217. The maximum absolute atomic E-state index is 11.9. The van der Waals surface area contributed by atoms with Crippen LogP contribution in [0.3, 0.4) is 0 Å². The van der Waals surface area contributed by atoms with Gasteiger partial charge in [0.2, 0.25) is 5.91 Å². The molecule has 7 heteroatoms. The van der Waals surface area contributed by atoms with Crippen LogP contribution in [0.25, 0.3) is 0 Å². The fraction of sp³-hybridized carbons (Fsp3) is 0.176. The van der Waals surface area contributed by atoms with Crippen molar-refractivity contribution in [2.45, 2.75) is 6.42 Å². The van der Waals surface area contributed by atoms with Crippen molar-refractivity contribution in [3.8, 4) is 11.5 Å². The second-order valence-electron chi connectivity index (χ2n) is 4.80. The number of ether oxygens (including phenoxy) is 2. The van der Waals surface area contributed by atoms with E-state index >= 15 is 0 Å². The molecule has 2 rings (SSSR count). The largest absolute Gasteiger partial charge is 0.493 e. The van der Waals surface area contributed by atoms with E-state index in [1.165, 1.54) is 6.21 Å². The van der Waals surface area contributed by atoms with Gasteiger partial charge in [0, 0.05) is 10.6 Å². The van der Waals surface area contributed by atoms with Gasteiger partial charge in [0.15, 0.2) is 11.5 Å². The summed E-state index contributed by atoms with van der Waals surface area (Å²) in [5.41, 5.74) is 4.10. The Morgan fingerprint density at radius 2 is 1.92 bits per heavy atom. The summed E-state index contributed by atoms with van der Waals surface area (Å²) in [5, 5.41) is 4.60. The van der Waals surface area contributed by atoms with Gasteiger partial charge in [0.05, 0.1) is 31.3 Å². The number of hydrazone groups is 1. The highest BCUT2D eigenvalue weighted by atomic mass is 79.9. The monoisotopic (exact) mass is 410 g/mol. The van der Waals surface area contributed by atoms with Crippen molar-refractivity contribution in [3.05, 3.63) is 57.0 Å². The van der Waals surface area contributed by atoms with Crippen molar-refractivity contribution in [3.63, 3.8) is 0 Å². The lowest BCUT2D eigenvalue weighted by Gasteiger charge is -2.10. The maximum Gasteiger partial charge on any atom is 0.244 e. The molecule has 5 nitrogen and oxygen atoms in total. The van der Waals surface area contributed by atoms with Gasteiger partial charge in [0.25, 0.3) is 0 Å². The third kappa shape index (κ3) is 4.72. The lowest BCUT2D eigenvalue weighted by atomic mass is 10.1. The van der Waals surface area contributed by atoms with Crippen molar-refractivity contribution in [2.24, 2.45) is 5.10 Å². The quantitative estimate of drug-likeness (QED) is 0.581. The molecule has 2 aromatic carbocycles. The molecule has 1 N–H and O–H groups in total. The van der Waals surface area contributed by atoms with E-state index < -0.39 is 0 Å². The van der Waals surface area contributed by atoms with Gasteiger partial charge < -0.3 is 9.47 Å². The molecule has 126 valence electrons. The number of carbonyl (C=O) groups is 1. The number of methoxy groups -OCH3 is 2. The molecule has 0 unspecified atom stereocenters. The Morgan fingerprint density at radius 3 is 2.54 bits per heavy atom. The zero-order valence-corrected chi connectivity index (χ0v) is 15.5. The van der Waals surface area contributed by atoms with Gasteiger partial charge in [-0.2, -0.15) is 5.10 Å². The van der Waals surface area contributed by atoms with E-state index in [-0.39, 0.29) is 12.3 Å². The van der Waals surface area contributed by atoms with Crippen LogP contribution in [0.4, 0.5) is 0 Å². The summed E-state index contributed by atoms with van der Waals surface area (Å²) in [6.07, 6.45) is 1.76. The van der Waals surface area contributed by atoms with E-state index in [1.807, 2.05) is 0 Å². The van der Waals surface area contributed by atoms with E-state index in [9.17, 15) is 4.79 Å². The Bertz CT molecular complexity index is 748. The third-order valence-electron chi connectivity index (χ3n) is 3.19. The Kier molecular flexibility index (Phi) is 6.63. The summed E-state index contributed by atoms with van der Waals surface area (Å²) in [5.74, 6) is 0.951. The summed E-state index contributed by atoms with van der Waals surface area (Å²) in [4.78, 5) is 11.9. The maximum atomic E-state index is 11.9. The molecule has 0 heterocycles. The SMILES string of the molecule is COc1ccc(/C=N\NC(=O)Cc2ccc(Cl)cc2)c(Br)c1OC. The number of rotatable bonds is 6. The Morgan fingerprint density at radius 1 is 1.21 bits per heavy atom. The van der Waals surface area contributed by atoms with Crippen LogP contribution < -0.4 is 14.9 Å². The molecule has 1 amide bonds. The van der Waals surface area contributed by atoms with Crippen LogP contribution in [0.1, 0.15) is 11.1 Å². The van der Waals surface area contributed by atoms with Gasteiger partial charge in [0.1, 0.15) is 0 Å². The van der Waals surface area contributed by atoms with Crippen LogP contribution in [0.2, 0.25) is 5.02 Å². The lowest BCUT2D eigenvalue weighted by Crippen LogP contribution is -2.19. The molecule has 0 aliphatic rings. The van der Waals surface area contributed by atoms with Gasteiger partial charge >= 0.3 is 0 Å². The van der Waals surface area contributed by atoms with Gasteiger partial charge in [-0.05, 0) is 45.8 Å². The molecule has 0 aliphatic heterocycles. The van der Waals surface area contributed by atoms with Crippen LogP contribution in [0, 0.1) is 0 Å². The van der Waals surface area contributed by atoms with Crippen molar-refractivity contribution in [2.75, 3.05) is 14.2 Å². The number of halogens is 2. The first kappa shape index (κ1) is 18.3. The standard InChI is InChI=1S/C17H16BrClN2O3/c1-23-14-8-5-12(16(18)17(14)24-2)10-20-21-15(22)9-11-3-6-13(19)7-4-11/h3-8,10H,9H2,1-2H3,(H,21,22)/b20-10-. The first-order valence-corrected chi connectivity index (χ1v) is 8.19. The molecule has 0 aromatic heterocycles. The second kappa shape index (κ2) is 8.70. The molecule has 24 heavy (non-hydrogen) atoms. The molecule has 0 spiro atoms. The Hall–Kier alpha value is -2.05. The smallest absolute Gasteiger partial charge is 0.244 e. The number of hydrogen-bond donors (Lipinski definition) is 1. The lowest BCUT2D eigenvalue weighted by molar-refractivity contribution is -0.120. The van der Waals surface area contributed by atoms with Crippen molar-refractivity contribution in [1.29, 1.82) is 0 Å². The highest BCUT2D eigenvalue weighted by molar-refractivity contribution is 9.10. The molecule has 0 saturated heterocycles. The molecule has 0 saturated carbocycles. The van der Waals surface area contributed by atoms with Crippen LogP contribution in [0.15, 0.2) is 46.0 Å². The molecule has 0 aliphatic carbocycles. The first-order chi connectivity index (χ1) is 11.5. The summed E-state index contributed by atoms with van der Waals surface area (Å²) >= 11 is 9.25. The number of hydrogen-bond acceptors (Lipinski definition) is 4. The summed E-state index contributed by atoms with van der Waals surface area (Å²) in [6, 6.07) is 10.7. The van der Waals surface area contributed by atoms with E-state index in [4.69, 9.17) is 21.1 Å². The normalized spacial score (nSPS) is 10.7. The average Bonchev–Trinajstić information content (AvgIpc) is 2.58. The summed E-state index contributed by atoms with van der Waals surface area (Å²) in [7, 11) is 3.12. The van der Waals surface area contributed by atoms with E-state index in [0.29, 0.717) is 21.0 Å². The van der Waals surface area contributed by atoms with E-state index in [0.717, 1.165) is 11.1 Å².